The number of carbonyl (C=O) groups excluding carboxylic acids is 5. The number of rotatable bonds is 25. The molecule has 1 aromatic heterocycles. The van der Waals surface area contributed by atoms with Crippen LogP contribution in [-0.4, -0.2) is 85.6 Å². The minimum atomic E-state index is -4.47. The van der Waals surface area contributed by atoms with Gasteiger partial charge in [0, 0.05) is 50.4 Å². The maximum atomic E-state index is 13.2. The van der Waals surface area contributed by atoms with Crippen LogP contribution in [0.15, 0.2) is 101 Å². The van der Waals surface area contributed by atoms with Gasteiger partial charge in [0.25, 0.3) is 16.0 Å². The van der Waals surface area contributed by atoms with Crippen LogP contribution >= 0.6 is 0 Å². The summed E-state index contributed by atoms with van der Waals surface area (Å²) in [7, 11) is -2.65. The Balaban J connectivity index is 1.14. The molecule has 3 aromatic carbocycles. The summed E-state index contributed by atoms with van der Waals surface area (Å²) < 4.78 is 43.6. The molecule has 65 heavy (non-hydrogen) atoms. The maximum Gasteiger partial charge on any atom is 0.315 e. The zero-order valence-electron chi connectivity index (χ0n) is 37.2. The number of para-hydroxylation sites is 1. The van der Waals surface area contributed by atoms with Gasteiger partial charge in [0.2, 0.25) is 11.8 Å². The van der Waals surface area contributed by atoms with Gasteiger partial charge < -0.3 is 30.7 Å². The maximum absolute atomic E-state index is 13.2. The molecule has 6 N–H and O–H groups in total. The van der Waals surface area contributed by atoms with Crippen molar-refractivity contribution in [3.63, 3.8) is 0 Å². The number of hydrazone groups is 1. The Kier molecular flexibility index (Phi) is 20.1. The number of hydrogen-bond acceptors (Lipinski definition) is 13. The molecular weight excluding hydrogens is 855 g/mol. The number of nitrogens with zero attached hydrogens (tertiary/aromatic N) is 2. The van der Waals surface area contributed by atoms with Gasteiger partial charge in [0.1, 0.15) is 28.1 Å². The van der Waals surface area contributed by atoms with Crippen molar-refractivity contribution in [1.82, 2.24) is 20.9 Å². The number of hydrogen-bond donors (Lipinski definition) is 6. The van der Waals surface area contributed by atoms with Crippen LogP contribution < -0.4 is 31.4 Å². The highest BCUT2D eigenvalue weighted by Crippen LogP contribution is 2.19. The van der Waals surface area contributed by atoms with Crippen LogP contribution in [0.1, 0.15) is 99.2 Å². The third kappa shape index (κ3) is 18.9. The summed E-state index contributed by atoms with van der Waals surface area (Å²) in [6.45, 7) is 5.43. The molecule has 17 nitrogen and oxygen atoms in total. The number of aromatic nitrogens is 1. The number of benzene rings is 3. The predicted octanol–water partition coefficient (Wildman–Crippen LogP) is 6.00. The molecule has 0 fully saturated rings. The first-order chi connectivity index (χ1) is 31.0. The molecule has 4 rings (SSSR count). The highest BCUT2D eigenvalue weighted by Gasteiger charge is 2.25. The quantitative estimate of drug-likeness (QED) is 0.0112. The van der Waals surface area contributed by atoms with Crippen LogP contribution in [0, 0.1) is 0 Å². The van der Waals surface area contributed by atoms with Gasteiger partial charge in [-0.1, -0.05) is 67.8 Å². The fourth-order valence-corrected chi connectivity index (χ4v) is 7.13. The Bertz CT molecular complexity index is 2350. The molecule has 0 radical (unpaired) electrons. The van der Waals surface area contributed by atoms with Gasteiger partial charge in [0.05, 0.1) is 18.2 Å². The van der Waals surface area contributed by atoms with Gasteiger partial charge in [-0.05, 0) is 94.0 Å². The first-order valence-electron chi connectivity index (χ1n) is 21.4. The lowest BCUT2D eigenvalue weighted by molar-refractivity contribution is -0.155. The number of unbranched alkanes of at least 4 members (excludes halogenated alkanes) is 4. The van der Waals surface area contributed by atoms with Gasteiger partial charge in [-0.25, -0.2) is 4.98 Å². The average Bonchev–Trinajstić information content (AvgIpc) is 3.26. The van der Waals surface area contributed by atoms with E-state index >= 15 is 0 Å². The van der Waals surface area contributed by atoms with E-state index in [9.17, 15) is 36.9 Å². The van der Waals surface area contributed by atoms with Crippen molar-refractivity contribution in [1.29, 1.82) is 0 Å². The van der Waals surface area contributed by atoms with E-state index in [-0.39, 0.29) is 66.1 Å². The van der Waals surface area contributed by atoms with Gasteiger partial charge in [-0.3, -0.25) is 34.0 Å². The molecule has 0 unspecified atom stereocenters. The van der Waals surface area contributed by atoms with Crippen LogP contribution in [0.2, 0.25) is 0 Å². The van der Waals surface area contributed by atoms with E-state index in [1.165, 1.54) is 42.7 Å². The van der Waals surface area contributed by atoms with Crippen LogP contribution in [0.25, 0.3) is 0 Å². The summed E-state index contributed by atoms with van der Waals surface area (Å²) in [6, 6.07) is 22.6. The summed E-state index contributed by atoms with van der Waals surface area (Å²) in [5, 5.41) is 15.2. The summed E-state index contributed by atoms with van der Waals surface area (Å²) in [4.78, 5) is 67.7. The molecule has 0 saturated heterocycles. The van der Waals surface area contributed by atoms with Crippen molar-refractivity contribution in [3.05, 3.63) is 113 Å². The number of ether oxygens (including phenoxy) is 2. The highest BCUT2D eigenvalue weighted by atomic mass is 32.2. The lowest BCUT2D eigenvalue weighted by atomic mass is 10.0. The lowest BCUT2D eigenvalue weighted by Gasteiger charge is -2.21. The Morgan fingerprint density at radius 1 is 0.815 bits per heavy atom. The molecule has 0 aliphatic carbocycles. The molecule has 0 aliphatic heterocycles. The van der Waals surface area contributed by atoms with E-state index in [0.29, 0.717) is 12.2 Å². The van der Waals surface area contributed by atoms with E-state index in [4.69, 9.17) is 9.47 Å². The highest BCUT2D eigenvalue weighted by molar-refractivity contribution is 7.86. The number of pyridine rings is 1. The van der Waals surface area contributed by atoms with Gasteiger partial charge in [0.15, 0.2) is 0 Å². The number of carbonyl (C=O) groups is 5. The topological polar surface area (TPSA) is 244 Å². The molecule has 0 bridgehead atoms. The largest absolute Gasteiger partial charge is 0.460 e. The molecule has 3 amide bonds. The smallest absolute Gasteiger partial charge is 0.315 e. The van der Waals surface area contributed by atoms with Crippen molar-refractivity contribution in [2.24, 2.45) is 5.10 Å². The molecule has 0 spiro atoms. The Hall–Kier alpha value is -6.66. The third-order valence-electron chi connectivity index (χ3n) is 9.68. The second kappa shape index (κ2) is 25.6. The summed E-state index contributed by atoms with van der Waals surface area (Å²) in [5.41, 5.74) is 5.04. The molecule has 4 aromatic rings. The normalized spacial score (nSPS) is 11.9. The van der Waals surface area contributed by atoms with E-state index in [2.05, 4.69) is 36.8 Å². The van der Waals surface area contributed by atoms with Crippen LogP contribution in [0.3, 0.4) is 0 Å². The number of esters is 2. The molecule has 348 valence electrons. The van der Waals surface area contributed by atoms with Crippen LogP contribution in [0.5, 0.6) is 5.75 Å². The van der Waals surface area contributed by atoms with E-state index in [1.807, 2.05) is 55.6 Å². The second-order valence-electron chi connectivity index (χ2n) is 16.1. The fourth-order valence-electron chi connectivity index (χ4n) is 6.46. The minimum absolute atomic E-state index is 0.0527. The summed E-state index contributed by atoms with van der Waals surface area (Å²) in [5.74, 6) is -1.47. The monoisotopic (exact) mass is 913 g/mol. The second-order valence-corrected chi connectivity index (χ2v) is 17.5. The third-order valence-corrected chi connectivity index (χ3v) is 10.6. The Morgan fingerprint density at radius 3 is 2.22 bits per heavy atom. The van der Waals surface area contributed by atoms with E-state index in [0.717, 1.165) is 55.3 Å². The molecular formula is C47H59N7O10S. The Morgan fingerprint density at radius 2 is 1.51 bits per heavy atom. The zero-order chi connectivity index (χ0) is 47.2. The lowest BCUT2D eigenvalue weighted by Crippen LogP contribution is -2.48. The number of anilines is 2. The molecule has 0 aliphatic rings. The molecule has 1 atom stereocenters. The first kappa shape index (κ1) is 51.0. The van der Waals surface area contributed by atoms with Crippen molar-refractivity contribution < 1.29 is 46.4 Å². The summed E-state index contributed by atoms with van der Waals surface area (Å²) in [6.07, 6.45) is 8.24. The SMILES string of the molecule is CNc1ccccc1CC(=O)Oc1ccc(CCCCCCCC(=O)NCCNC(=O)[C@H](CCC(=O)OC(C)(C)C)NC(=O)c2ccc(N/N=C/c3ccccc3S(=O)(=O)O)nc2)cc1. The van der Waals surface area contributed by atoms with Crippen LogP contribution in [-0.2, 0) is 46.9 Å². The minimum Gasteiger partial charge on any atom is -0.460 e. The fraction of sp³-hybridized carbons (Fsp3) is 0.383. The van der Waals surface area contributed by atoms with Gasteiger partial charge >= 0.3 is 11.9 Å². The Labute approximate surface area is 380 Å². The average molecular weight is 914 g/mol. The van der Waals surface area contributed by atoms with Gasteiger partial charge in [-0.2, -0.15) is 13.5 Å². The van der Waals surface area contributed by atoms with Crippen molar-refractivity contribution >= 4 is 57.5 Å². The van der Waals surface area contributed by atoms with E-state index < -0.39 is 39.5 Å². The van der Waals surface area contributed by atoms with Crippen LogP contribution in [0.4, 0.5) is 11.5 Å². The standard InChI is InChI=1S/C47H59N7O10S/c1-47(2,3)64-43(56)27-25-39(53-45(58)36-22-26-41(51-31-36)54-52-32-35-16-11-13-18-40(35)65(60,61)62)46(59)50-29-28-49-42(55)19-9-7-5-6-8-14-33-20-23-37(24-21-33)63-44(57)30-34-15-10-12-17-38(34)48-4/h10-13,15-18,20-24,26,31-32,39,48H,5-9,14,19,25,27-30H2,1-4H3,(H,49,55)(H,50,59)(H,51,54)(H,53,58)(H,60,61,62)/b52-32+/t39-/m0/s1. The number of amides is 3. The molecule has 1 heterocycles. The summed E-state index contributed by atoms with van der Waals surface area (Å²) >= 11 is 0. The number of aryl methyl sites for hydroxylation is 1. The van der Waals surface area contributed by atoms with Gasteiger partial charge in [-0.15, -0.1) is 0 Å². The van der Waals surface area contributed by atoms with Crippen molar-refractivity contribution in [2.75, 3.05) is 30.9 Å². The number of nitrogens with one attached hydrogen (secondary N) is 5. The van der Waals surface area contributed by atoms with E-state index in [1.54, 1.807) is 26.8 Å². The van der Waals surface area contributed by atoms with Crippen molar-refractivity contribution in [3.8, 4) is 5.75 Å². The first-order valence-corrected chi connectivity index (χ1v) is 22.9. The van der Waals surface area contributed by atoms with Crippen molar-refractivity contribution in [2.45, 2.75) is 102 Å². The zero-order valence-corrected chi connectivity index (χ0v) is 38.0. The molecule has 0 saturated carbocycles. The molecule has 18 heteroatoms. The predicted molar refractivity (Wildman–Crippen MR) is 247 cm³/mol.